The van der Waals surface area contributed by atoms with Crippen LogP contribution in [0.5, 0.6) is 0 Å². The number of aromatic nitrogens is 1. The van der Waals surface area contributed by atoms with E-state index in [9.17, 15) is 0 Å². The van der Waals surface area contributed by atoms with Crippen LogP contribution in [0.15, 0.2) is 36.7 Å². The Balaban J connectivity index is 1.91. The van der Waals surface area contributed by atoms with Crippen molar-refractivity contribution in [3.8, 4) is 6.07 Å². The maximum Gasteiger partial charge on any atom is 0.128 e. The minimum atomic E-state index is 0.939. The Labute approximate surface area is 95.4 Å². The molecule has 82 valence electrons. The molecular weight excluding hydrogens is 200 g/mol. The topological polar surface area (TPSA) is 43.2 Å². The molecule has 1 aliphatic heterocycles. The quantitative estimate of drug-likeness (QED) is 0.695. The van der Waals surface area contributed by atoms with E-state index in [0.29, 0.717) is 0 Å². The van der Waals surface area contributed by atoms with Crippen LogP contribution in [-0.2, 0) is 0 Å². The number of hydrogen-bond donors (Lipinski definition) is 0. The molecule has 1 fully saturated rings. The third-order valence-electron chi connectivity index (χ3n) is 2.65. The van der Waals surface area contributed by atoms with E-state index in [4.69, 9.17) is 5.26 Å². The van der Waals surface area contributed by atoms with E-state index >= 15 is 0 Å². The fraction of sp³-hybridized carbons (Fsp3) is 0.333. The maximum absolute atomic E-state index is 8.44. The lowest BCUT2D eigenvalue weighted by molar-refractivity contribution is 0.348. The molecule has 0 unspecified atom stereocenters. The van der Waals surface area contributed by atoms with Crippen molar-refractivity contribution in [1.29, 1.82) is 5.26 Å². The Hall–Kier alpha value is -2.02. The molecule has 1 saturated heterocycles. The van der Waals surface area contributed by atoms with Crippen molar-refractivity contribution < 1.29 is 0 Å². The zero-order valence-corrected chi connectivity index (χ0v) is 9.08. The molecule has 0 radical (unpaired) electrons. The van der Waals surface area contributed by atoms with Gasteiger partial charge in [0.1, 0.15) is 5.82 Å². The van der Waals surface area contributed by atoms with E-state index in [1.165, 1.54) is 6.08 Å². The van der Waals surface area contributed by atoms with Gasteiger partial charge >= 0.3 is 0 Å². The molecule has 2 rings (SSSR count). The lowest BCUT2D eigenvalue weighted by atomic mass is 10.3. The average molecular weight is 214 g/mol. The minimum absolute atomic E-state index is 0.939. The first kappa shape index (κ1) is 10.5. The van der Waals surface area contributed by atoms with Gasteiger partial charge in [0.15, 0.2) is 0 Å². The van der Waals surface area contributed by atoms with Gasteiger partial charge in [0, 0.05) is 44.7 Å². The fourth-order valence-corrected chi connectivity index (χ4v) is 1.78. The van der Waals surface area contributed by atoms with Crippen molar-refractivity contribution in [2.75, 3.05) is 31.1 Å². The zero-order valence-electron chi connectivity index (χ0n) is 9.08. The number of pyridine rings is 1. The number of piperazine rings is 1. The van der Waals surface area contributed by atoms with E-state index in [2.05, 4.69) is 14.8 Å². The molecule has 2 heterocycles. The van der Waals surface area contributed by atoms with Crippen molar-refractivity contribution in [3.63, 3.8) is 0 Å². The summed E-state index contributed by atoms with van der Waals surface area (Å²) in [5.74, 6) is 1.03. The average Bonchev–Trinajstić information content (AvgIpc) is 2.38. The zero-order chi connectivity index (χ0) is 11.2. The van der Waals surface area contributed by atoms with E-state index < -0.39 is 0 Å². The van der Waals surface area contributed by atoms with Crippen LogP contribution in [0, 0.1) is 11.3 Å². The fourth-order valence-electron chi connectivity index (χ4n) is 1.78. The first-order valence-corrected chi connectivity index (χ1v) is 5.36. The molecule has 0 aliphatic carbocycles. The van der Waals surface area contributed by atoms with Gasteiger partial charge in [-0.3, -0.25) is 0 Å². The van der Waals surface area contributed by atoms with E-state index in [1.807, 2.05) is 36.7 Å². The second kappa shape index (κ2) is 5.17. The SMILES string of the molecule is N#C/C=C/N1CCN(c2ccccn2)CC1. The van der Waals surface area contributed by atoms with Gasteiger partial charge in [0.05, 0.1) is 6.07 Å². The third-order valence-corrected chi connectivity index (χ3v) is 2.65. The molecule has 1 aromatic rings. The Bertz CT molecular complexity index is 385. The molecule has 0 saturated carbocycles. The molecular formula is C12H14N4. The highest BCUT2D eigenvalue weighted by molar-refractivity contribution is 5.38. The van der Waals surface area contributed by atoms with Crippen molar-refractivity contribution >= 4 is 5.82 Å². The highest BCUT2D eigenvalue weighted by atomic mass is 15.3. The van der Waals surface area contributed by atoms with Crippen LogP contribution in [-0.4, -0.2) is 36.1 Å². The smallest absolute Gasteiger partial charge is 0.128 e. The van der Waals surface area contributed by atoms with Crippen molar-refractivity contribution in [1.82, 2.24) is 9.88 Å². The first-order valence-electron chi connectivity index (χ1n) is 5.36. The van der Waals surface area contributed by atoms with Gasteiger partial charge in [-0.2, -0.15) is 5.26 Å². The molecule has 16 heavy (non-hydrogen) atoms. The van der Waals surface area contributed by atoms with Gasteiger partial charge in [-0.15, -0.1) is 0 Å². The molecule has 0 N–H and O–H groups in total. The summed E-state index contributed by atoms with van der Waals surface area (Å²) in [5, 5.41) is 8.44. The number of anilines is 1. The summed E-state index contributed by atoms with van der Waals surface area (Å²) in [7, 11) is 0. The molecule has 4 nitrogen and oxygen atoms in total. The molecule has 4 heteroatoms. The normalized spacial score (nSPS) is 16.4. The monoisotopic (exact) mass is 214 g/mol. The van der Waals surface area contributed by atoms with Gasteiger partial charge in [-0.05, 0) is 12.1 Å². The van der Waals surface area contributed by atoms with Crippen molar-refractivity contribution in [2.24, 2.45) is 0 Å². The lowest BCUT2D eigenvalue weighted by Crippen LogP contribution is -2.44. The molecule has 0 amide bonds. The van der Waals surface area contributed by atoms with Gasteiger partial charge in [-0.1, -0.05) is 6.07 Å². The number of rotatable bonds is 2. The Morgan fingerprint density at radius 2 is 2.06 bits per heavy atom. The van der Waals surface area contributed by atoms with Crippen LogP contribution < -0.4 is 4.90 Å². The highest BCUT2D eigenvalue weighted by Crippen LogP contribution is 2.12. The Kier molecular flexibility index (Phi) is 3.39. The van der Waals surface area contributed by atoms with Gasteiger partial charge in [-0.25, -0.2) is 4.98 Å². The summed E-state index contributed by atoms with van der Waals surface area (Å²) in [5.41, 5.74) is 0. The van der Waals surface area contributed by atoms with Crippen LogP contribution in [0.4, 0.5) is 5.82 Å². The summed E-state index contributed by atoms with van der Waals surface area (Å²) >= 11 is 0. The summed E-state index contributed by atoms with van der Waals surface area (Å²) in [6.45, 7) is 3.78. The van der Waals surface area contributed by atoms with E-state index in [-0.39, 0.29) is 0 Å². The van der Waals surface area contributed by atoms with Crippen LogP contribution in [0.1, 0.15) is 0 Å². The van der Waals surface area contributed by atoms with Gasteiger partial charge < -0.3 is 9.80 Å². The molecule has 0 spiro atoms. The molecule has 0 aromatic carbocycles. The Morgan fingerprint density at radius 1 is 1.25 bits per heavy atom. The number of allylic oxidation sites excluding steroid dienone is 1. The highest BCUT2D eigenvalue weighted by Gasteiger charge is 2.14. The second-order valence-electron chi connectivity index (χ2n) is 3.66. The van der Waals surface area contributed by atoms with Crippen molar-refractivity contribution in [3.05, 3.63) is 36.7 Å². The number of nitriles is 1. The summed E-state index contributed by atoms with van der Waals surface area (Å²) < 4.78 is 0. The maximum atomic E-state index is 8.44. The second-order valence-corrected chi connectivity index (χ2v) is 3.66. The van der Waals surface area contributed by atoms with E-state index in [1.54, 1.807) is 0 Å². The number of nitrogens with zero attached hydrogens (tertiary/aromatic N) is 4. The van der Waals surface area contributed by atoms with Crippen LogP contribution in [0.25, 0.3) is 0 Å². The summed E-state index contributed by atoms with van der Waals surface area (Å²) in [4.78, 5) is 8.74. The van der Waals surface area contributed by atoms with Crippen LogP contribution in [0.2, 0.25) is 0 Å². The molecule has 1 aromatic heterocycles. The van der Waals surface area contributed by atoms with Crippen molar-refractivity contribution in [2.45, 2.75) is 0 Å². The summed E-state index contributed by atoms with van der Waals surface area (Å²) in [6, 6.07) is 7.97. The predicted molar refractivity (Wildman–Crippen MR) is 62.8 cm³/mol. The predicted octanol–water partition coefficient (Wildman–Crippen LogP) is 1.24. The standard InChI is InChI=1S/C12H14N4/c13-5-3-7-15-8-10-16(11-9-15)12-4-1-2-6-14-12/h1-4,6-7H,8-11H2/b7-3+. The summed E-state index contributed by atoms with van der Waals surface area (Å²) in [6.07, 6.45) is 5.20. The lowest BCUT2D eigenvalue weighted by Gasteiger charge is -2.34. The van der Waals surface area contributed by atoms with Crippen LogP contribution in [0.3, 0.4) is 0 Å². The third kappa shape index (κ3) is 2.51. The molecule has 1 aliphatic rings. The van der Waals surface area contributed by atoms with Gasteiger partial charge in [0.2, 0.25) is 0 Å². The van der Waals surface area contributed by atoms with Crippen LogP contribution >= 0.6 is 0 Å². The number of hydrogen-bond acceptors (Lipinski definition) is 4. The van der Waals surface area contributed by atoms with E-state index in [0.717, 1.165) is 32.0 Å². The molecule has 0 bridgehead atoms. The first-order chi connectivity index (χ1) is 7.90. The van der Waals surface area contributed by atoms with Gasteiger partial charge in [0.25, 0.3) is 0 Å². The molecule has 0 atom stereocenters. The largest absolute Gasteiger partial charge is 0.373 e. The minimum Gasteiger partial charge on any atom is -0.373 e. The Morgan fingerprint density at radius 3 is 2.69 bits per heavy atom.